The van der Waals surface area contributed by atoms with Crippen LogP contribution < -0.4 is 21.1 Å². The van der Waals surface area contributed by atoms with Gasteiger partial charge in [0.15, 0.2) is 0 Å². The number of amides is 1. The van der Waals surface area contributed by atoms with Crippen LogP contribution in [0.3, 0.4) is 0 Å². The number of piperidine rings is 1. The molecule has 0 radical (unpaired) electrons. The molecule has 3 rings (SSSR count). The maximum atomic E-state index is 12.7. The van der Waals surface area contributed by atoms with E-state index >= 15 is 0 Å². The molecule has 0 saturated carbocycles. The van der Waals surface area contributed by atoms with E-state index in [1.54, 1.807) is 13.2 Å². The third-order valence-electron chi connectivity index (χ3n) is 4.48. The van der Waals surface area contributed by atoms with Crippen molar-refractivity contribution in [3.05, 3.63) is 22.2 Å². The average Bonchev–Trinajstić information content (AvgIpc) is 2.58. The Hall–Kier alpha value is -1.50. The number of hydrogen-bond acceptors (Lipinski definition) is 5. The molecule has 6 nitrogen and oxygen atoms in total. The highest BCUT2D eigenvalue weighted by Crippen LogP contribution is 2.38. The van der Waals surface area contributed by atoms with E-state index in [1.165, 1.54) is 0 Å². The number of carbonyl (C=O) groups excluding carboxylic acids is 1. The minimum atomic E-state index is -0.195. The third-order valence-corrected chi connectivity index (χ3v) is 4.79. The lowest BCUT2D eigenvalue weighted by molar-refractivity contribution is 0.0475. The Bertz CT molecular complexity index is 609. The minimum Gasteiger partial charge on any atom is -0.492 e. The largest absolute Gasteiger partial charge is 0.492 e. The lowest BCUT2D eigenvalue weighted by atomic mass is 9.98. The highest BCUT2D eigenvalue weighted by Gasteiger charge is 2.29. The number of nitrogens with one attached hydrogen (secondary N) is 2. The van der Waals surface area contributed by atoms with E-state index in [9.17, 15) is 4.79 Å². The fourth-order valence-corrected chi connectivity index (χ4v) is 3.42. The summed E-state index contributed by atoms with van der Waals surface area (Å²) >= 11 is 6.20. The predicted molar refractivity (Wildman–Crippen MR) is 89.2 cm³/mol. The number of halogens is 1. The minimum absolute atomic E-state index is 0.0377. The zero-order chi connectivity index (χ0) is 16.4. The number of benzene rings is 1. The van der Waals surface area contributed by atoms with Gasteiger partial charge in [-0.2, -0.15) is 0 Å². The molecule has 7 heteroatoms. The summed E-state index contributed by atoms with van der Waals surface area (Å²) in [4.78, 5) is 12.7. The molecular formula is C16H22ClN3O3. The summed E-state index contributed by atoms with van der Waals surface area (Å²) in [6, 6.07) is 1.56. The molecule has 2 unspecified atom stereocenters. The van der Waals surface area contributed by atoms with E-state index in [0.717, 1.165) is 37.9 Å². The molecule has 1 amide bonds. The van der Waals surface area contributed by atoms with Crippen molar-refractivity contribution < 1.29 is 14.3 Å². The van der Waals surface area contributed by atoms with Crippen LogP contribution >= 0.6 is 11.6 Å². The van der Waals surface area contributed by atoms with Crippen LogP contribution in [0.1, 0.15) is 28.8 Å². The van der Waals surface area contributed by atoms with E-state index in [0.29, 0.717) is 28.6 Å². The Kier molecular flexibility index (Phi) is 4.94. The monoisotopic (exact) mass is 339 g/mol. The zero-order valence-electron chi connectivity index (χ0n) is 13.2. The first-order valence-corrected chi connectivity index (χ1v) is 8.27. The van der Waals surface area contributed by atoms with Crippen LogP contribution in [0.5, 0.6) is 5.75 Å². The summed E-state index contributed by atoms with van der Waals surface area (Å²) in [7, 11) is 1.65. The summed E-state index contributed by atoms with van der Waals surface area (Å²) in [5.41, 5.74) is 7.82. The van der Waals surface area contributed by atoms with Crippen molar-refractivity contribution in [2.24, 2.45) is 0 Å². The molecule has 1 saturated heterocycles. The molecule has 0 aliphatic carbocycles. The SMILES string of the molecule is COC1CNCCC1NC(=O)c1cc(Cl)c(N)c2c1OCCC2. The fraction of sp³-hybridized carbons (Fsp3) is 0.562. The lowest BCUT2D eigenvalue weighted by Crippen LogP contribution is -2.53. The molecule has 2 heterocycles. The van der Waals surface area contributed by atoms with Crippen molar-refractivity contribution in [2.45, 2.75) is 31.4 Å². The molecule has 0 spiro atoms. The van der Waals surface area contributed by atoms with Crippen LogP contribution in [0.15, 0.2) is 6.07 Å². The average molecular weight is 340 g/mol. The van der Waals surface area contributed by atoms with E-state index in [4.69, 9.17) is 26.8 Å². The van der Waals surface area contributed by atoms with Gasteiger partial charge in [0, 0.05) is 19.2 Å². The number of rotatable bonds is 3. The van der Waals surface area contributed by atoms with Gasteiger partial charge in [0.1, 0.15) is 5.75 Å². The van der Waals surface area contributed by atoms with E-state index in [2.05, 4.69) is 10.6 Å². The molecule has 23 heavy (non-hydrogen) atoms. The van der Waals surface area contributed by atoms with Crippen LogP contribution in [0.2, 0.25) is 5.02 Å². The van der Waals surface area contributed by atoms with Gasteiger partial charge in [-0.25, -0.2) is 0 Å². The molecule has 126 valence electrons. The first-order chi connectivity index (χ1) is 11.1. The van der Waals surface area contributed by atoms with Crippen LogP contribution in [0.4, 0.5) is 5.69 Å². The first-order valence-electron chi connectivity index (χ1n) is 7.90. The number of carbonyl (C=O) groups is 1. The van der Waals surface area contributed by atoms with Gasteiger partial charge in [-0.15, -0.1) is 0 Å². The van der Waals surface area contributed by atoms with E-state index in [-0.39, 0.29) is 18.1 Å². The Morgan fingerprint density at radius 1 is 1.57 bits per heavy atom. The maximum Gasteiger partial charge on any atom is 0.255 e. The van der Waals surface area contributed by atoms with Crippen molar-refractivity contribution in [3.63, 3.8) is 0 Å². The summed E-state index contributed by atoms with van der Waals surface area (Å²) < 4.78 is 11.2. The van der Waals surface area contributed by atoms with Gasteiger partial charge in [-0.05, 0) is 31.9 Å². The highest BCUT2D eigenvalue weighted by molar-refractivity contribution is 6.33. The molecule has 4 N–H and O–H groups in total. The Balaban J connectivity index is 1.86. The standard InChI is InChI=1S/C16H22ClN3O3/c1-22-13-8-19-5-4-12(13)20-16(21)10-7-11(17)14(18)9-3-2-6-23-15(9)10/h7,12-13,19H,2-6,8,18H2,1H3,(H,20,21). The van der Waals surface area contributed by atoms with Gasteiger partial charge >= 0.3 is 0 Å². The van der Waals surface area contributed by atoms with Crippen molar-refractivity contribution in [2.75, 3.05) is 32.5 Å². The van der Waals surface area contributed by atoms with Crippen molar-refractivity contribution in [1.82, 2.24) is 10.6 Å². The molecule has 0 bridgehead atoms. The first kappa shape index (κ1) is 16.4. The normalized spacial score (nSPS) is 23.7. The molecular weight excluding hydrogens is 318 g/mol. The number of hydrogen-bond donors (Lipinski definition) is 3. The van der Waals surface area contributed by atoms with Gasteiger partial charge in [-0.1, -0.05) is 11.6 Å². The van der Waals surface area contributed by atoms with Crippen LogP contribution in [-0.4, -0.2) is 44.9 Å². The fourth-order valence-electron chi connectivity index (χ4n) is 3.19. The van der Waals surface area contributed by atoms with Crippen molar-refractivity contribution in [3.8, 4) is 5.75 Å². The van der Waals surface area contributed by atoms with Crippen LogP contribution in [0, 0.1) is 0 Å². The Morgan fingerprint density at radius 2 is 2.39 bits per heavy atom. The van der Waals surface area contributed by atoms with E-state index < -0.39 is 0 Å². The molecule has 2 atom stereocenters. The van der Waals surface area contributed by atoms with Crippen molar-refractivity contribution in [1.29, 1.82) is 0 Å². The number of nitrogen functional groups attached to an aromatic ring is 1. The molecule has 1 aromatic carbocycles. The molecule has 1 aromatic rings. The smallest absolute Gasteiger partial charge is 0.255 e. The van der Waals surface area contributed by atoms with Crippen LogP contribution in [-0.2, 0) is 11.2 Å². The summed E-state index contributed by atoms with van der Waals surface area (Å²) in [6.07, 6.45) is 2.42. The zero-order valence-corrected chi connectivity index (χ0v) is 13.9. The molecule has 2 aliphatic rings. The lowest BCUT2D eigenvalue weighted by Gasteiger charge is -2.32. The van der Waals surface area contributed by atoms with Gasteiger partial charge in [0.2, 0.25) is 0 Å². The number of nitrogens with two attached hydrogens (primary N) is 1. The third kappa shape index (κ3) is 3.24. The predicted octanol–water partition coefficient (Wildman–Crippen LogP) is 1.35. The number of methoxy groups -OCH3 is 1. The van der Waals surface area contributed by atoms with Crippen molar-refractivity contribution >= 4 is 23.2 Å². The number of fused-ring (bicyclic) bond motifs is 1. The highest BCUT2D eigenvalue weighted by atomic mass is 35.5. The Morgan fingerprint density at radius 3 is 3.17 bits per heavy atom. The molecule has 1 fully saturated rings. The van der Waals surface area contributed by atoms with Gasteiger partial charge in [-0.3, -0.25) is 4.79 Å². The summed E-state index contributed by atoms with van der Waals surface area (Å²) in [6.45, 7) is 2.16. The van der Waals surface area contributed by atoms with Gasteiger partial charge < -0.3 is 25.8 Å². The maximum absolute atomic E-state index is 12.7. The second-order valence-corrected chi connectivity index (χ2v) is 6.33. The quantitative estimate of drug-likeness (QED) is 0.724. The topological polar surface area (TPSA) is 85.6 Å². The second-order valence-electron chi connectivity index (χ2n) is 5.93. The summed E-state index contributed by atoms with van der Waals surface area (Å²) in [5.74, 6) is 0.373. The van der Waals surface area contributed by atoms with Crippen LogP contribution in [0.25, 0.3) is 0 Å². The second kappa shape index (κ2) is 6.95. The number of ether oxygens (including phenoxy) is 2. The number of anilines is 1. The summed E-state index contributed by atoms with van der Waals surface area (Å²) in [5, 5.41) is 6.70. The van der Waals surface area contributed by atoms with Gasteiger partial charge in [0.05, 0.1) is 35.0 Å². The molecule has 2 aliphatic heterocycles. The van der Waals surface area contributed by atoms with E-state index in [1.807, 2.05) is 0 Å². The Labute approximate surface area is 140 Å². The molecule has 0 aromatic heterocycles. The van der Waals surface area contributed by atoms with Gasteiger partial charge in [0.25, 0.3) is 5.91 Å².